The van der Waals surface area contributed by atoms with Gasteiger partial charge in [-0.05, 0) is 29.8 Å². The molecule has 1 aromatic heterocycles. The van der Waals surface area contributed by atoms with Gasteiger partial charge in [0.05, 0.1) is 36.8 Å². The lowest BCUT2D eigenvalue weighted by molar-refractivity contribution is 0.394. The minimum atomic E-state index is 0.624. The van der Waals surface area contributed by atoms with Gasteiger partial charge in [0, 0.05) is 17.2 Å². The zero-order chi connectivity index (χ0) is 20.9. The van der Waals surface area contributed by atoms with Crippen molar-refractivity contribution in [3.8, 4) is 28.4 Å². The van der Waals surface area contributed by atoms with Gasteiger partial charge in [0.15, 0.2) is 0 Å². The summed E-state index contributed by atoms with van der Waals surface area (Å²) in [6.45, 7) is 0. The van der Waals surface area contributed by atoms with Crippen molar-refractivity contribution in [3.63, 3.8) is 0 Å². The van der Waals surface area contributed by atoms with Gasteiger partial charge in [-0.2, -0.15) is 5.10 Å². The van der Waals surface area contributed by atoms with E-state index in [0.717, 1.165) is 33.8 Å². The predicted octanol–water partition coefficient (Wildman–Crippen LogP) is 6.38. The summed E-state index contributed by atoms with van der Waals surface area (Å²) < 4.78 is 13.1. The minimum Gasteiger partial charge on any atom is -0.496 e. The first-order valence-corrected chi connectivity index (χ1v) is 9.87. The van der Waals surface area contributed by atoms with E-state index in [9.17, 15) is 0 Å². The molecule has 5 heteroatoms. The SMILES string of the molecule is COc1cc(OC)c(-c2ccnn2-c2ccccc2Cl)cc1/C=C/c1ccccc1. The van der Waals surface area contributed by atoms with Crippen LogP contribution in [0.1, 0.15) is 11.1 Å². The van der Waals surface area contributed by atoms with Crippen molar-refractivity contribution in [1.82, 2.24) is 9.78 Å². The number of benzene rings is 3. The van der Waals surface area contributed by atoms with Crippen molar-refractivity contribution in [1.29, 1.82) is 0 Å². The van der Waals surface area contributed by atoms with E-state index in [0.29, 0.717) is 10.8 Å². The topological polar surface area (TPSA) is 36.3 Å². The van der Waals surface area contributed by atoms with Gasteiger partial charge in [-0.3, -0.25) is 0 Å². The minimum absolute atomic E-state index is 0.624. The second kappa shape index (κ2) is 8.89. The summed E-state index contributed by atoms with van der Waals surface area (Å²) in [6.07, 6.45) is 5.84. The molecule has 0 saturated carbocycles. The van der Waals surface area contributed by atoms with Crippen LogP contribution < -0.4 is 9.47 Å². The molecule has 0 saturated heterocycles. The average molecular weight is 417 g/mol. The maximum atomic E-state index is 6.42. The molecule has 0 fully saturated rings. The van der Waals surface area contributed by atoms with Gasteiger partial charge in [-0.15, -0.1) is 0 Å². The van der Waals surface area contributed by atoms with Crippen LogP contribution in [0, 0.1) is 0 Å². The molecule has 0 aliphatic heterocycles. The molecular weight excluding hydrogens is 396 g/mol. The summed E-state index contributed by atoms with van der Waals surface area (Å²) in [5, 5.41) is 5.12. The molecule has 4 nitrogen and oxygen atoms in total. The lowest BCUT2D eigenvalue weighted by Gasteiger charge is -2.15. The smallest absolute Gasteiger partial charge is 0.131 e. The molecule has 30 heavy (non-hydrogen) atoms. The van der Waals surface area contributed by atoms with Crippen LogP contribution >= 0.6 is 11.6 Å². The maximum absolute atomic E-state index is 6.42. The zero-order valence-corrected chi connectivity index (χ0v) is 17.5. The number of halogens is 1. The highest BCUT2D eigenvalue weighted by atomic mass is 35.5. The first-order chi connectivity index (χ1) is 14.7. The fraction of sp³-hybridized carbons (Fsp3) is 0.0800. The van der Waals surface area contributed by atoms with Crippen molar-refractivity contribution >= 4 is 23.8 Å². The molecule has 0 spiro atoms. The molecule has 1 heterocycles. The lowest BCUT2D eigenvalue weighted by Crippen LogP contribution is -2.01. The second-order valence-electron chi connectivity index (χ2n) is 6.62. The van der Waals surface area contributed by atoms with Crippen LogP contribution in [-0.2, 0) is 0 Å². The van der Waals surface area contributed by atoms with Crippen molar-refractivity contribution in [2.75, 3.05) is 14.2 Å². The van der Waals surface area contributed by atoms with Crippen LogP contribution in [0.2, 0.25) is 5.02 Å². The largest absolute Gasteiger partial charge is 0.496 e. The third-order valence-corrected chi connectivity index (χ3v) is 5.13. The lowest BCUT2D eigenvalue weighted by atomic mass is 10.0. The molecule has 0 bridgehead atoms. The average Bonchev–Trinajstić information content (AvgIpc) is 3.27. The van der Waals surface area contributed by atoms with Crippen molar-refractivity contribution < 1.29 is 9.47 Å². The van der Waals surface area contributed by atoms with E-state index in [2.05, 4.69) is 23.3 Å². The van der Waals surface area contributed by atoms with Crippen molar-refractivity contribution in [2.24, 2.45) is 0 Å². The van der Waals surface area contributed by atoms with E-state index < -0.39 is 0 Å². The van der Waals surface area contributed by atoms with Crippen LogP contribution in [0.25, 0.3) is 29.1 Å². The number of ether oxygens (including phenoxy) is 2. The molecule has 0 aliphatic carbocycles. The van der Waals surface area contributed by atoms with E-state index in [1.54, 1.807) is 20.4 Å². The Hall–Kier alpha value is -3.50. The van der Waals surface area contributed by atoms with Crippen LogP contribution in [0.5, 0.6) is 11.5 Å². The Morgan fingerprint density at radius 1 is 0.833 bits per heavy atom. The normalized spacial score (nSPS) is 11.0. The molecule has 150 valence electrons. The molecule has 0 radical (unpaired) electrons. The van der Waals surface area contributed by atoms with Gasteiger partial charge in [0.1, 0.15) is 11.5 Å². The second-order valence-corrected chi connectivity index (χ2v) is 7.03. The standard InChI is InChI=1S/C25H21ClN2O2/c1-29-24-17-25(30-2)20(16-19(24)13-12-18-8-4-3-5-9-18)22-14-15-27-28(22)23-11-7-6-10-21(23)26/h3-17H,1-2H3/b13-12+. The monoisotopic (exact) mass is 416 g/mol. The molecule has 0 aliphatic rings. The van der Waals surface area contributed by atoms with E-state index in [1.165, 1.54) is 0 Å². The first kappa shape index (κ1) is 19.8. The van der Waals surface area contributed by atoms with Crippen LogP contribution in [0.3, 0.4) is 0 Å². The highest BCUT2D eigenvalue weighted by molar-refractivity contribution is 6.32. The molecule has 3 aromatic carbocycles. The third-order valence-electron chi connectivity index (χ3n) is 4.81. The Balaban J connectivity index is 1.84. The van der Waals surface area contributed by atoms with Gasteiger partial charge >= 0.3 is 0 Å². The summed E-state index contributed by atoms with van der Waals surface area (Å²) in [6, 6.07) is 23.6. The predicted molar refractivity (Wildman–Crippen MR) is 122 cm³/mol. The van der Waals surface area contributed by atoms with E-state index in [-0.39, 0.29) is 0 Å². The Kier molecular flexibility index (Phi) is 5.87. The fourth-order valence-electron chi connectivity index (χ4n) is 3.33. The Morgan fingerprint density at radius 3 is 2.30 bits per heavy atom. The molecule has 0 N–H and O–H groups in total. The first-order valence-electron chi connectivity index (χ1n) is 9.49. The Bertz CT molecular complexity index is 1180. The van der Waals surface area contributed by atoms with Crippen LogP contribution in [0.15, 0.2) is 79.0 Å². The zero-order valence-electron chi connectivity index (χ0n) is 16.7. The van der Waals surface area contributed by atoms with Gasteiger partial charge < -0.3 is 9.47 Å². The van der Waals surface area contributed by atoms with Gasteiger partial charge in [-0.25, -0.2) is 4.68 Å². The number of para-hydroxylation sites is 1. The maximum Gasteiger partial charge on any atom is 0.131 e. The number of rotatable bonds is 6. The molecular formula is C25H21ClN2O2. The van der Waals surface area contributed by atoms with Crippen LogP contribution in [0.4, 0.5) is 0 Å². The summed E-state index contributed by atoms with van der Waals surface area (Å²) in [4.78, 5) is 0. The van der Waals surface area contributed by atoms with E-state index >= 15 is 0 Å². The van der Waals surface area contributed by atoms with Crippen molar-refractivity contribution in [3.05, 3.63) is 95.1 Å². The van der Waals surface area contributed by atoms with Crippen LogP contribution in [-0.4, -0.2) is 24.0 Å². The molecule has 0 atom stereocenters. The van der Waals surface area contributed by atoms with Gasteiger partial charge in [0.2, 0.25) is 0 Å². The van der Waals surface area contributed by atoms with E-state index in [4.69, 9.17) is 21.1 Å². The van der Waals surface area contributed by atoms with Crippen molar-refractivity contribution in [2.45, 2.75) is 0 Å². The third kappa shape index (κ3) is 3.95. The number of methoxy groups -OCH3 is 2. The number of aromatic nitrogens is 2. The van der Waals surface area contributed by atoms with Gasteiger partial charge in [0.25, 0.3) is 0 Å². The summed E-state index contributed by atoms with van der Waals surface area (Å²) in [7, 11) is 3.30. The molecule has 4 aromatic rings. The highest BCUT2D eigenvalue weighted by Gasteiger charge is 2.17. The number of hydrogen-bond donors (Lipinski definition) is 0. The summed E-state index contributed by atoms with van der Waals surface area (Å²) >= 11 is 6.42. The fourth-order valence-corrected chi connectivity index (χ4v) is 3.54. The van der Waals surface area contributed by atoms with Gasteiger partial charge in [-0.1, -0.05) is 66.2 Å². The number of hydrogen-bond acceptors (Lipinski definition) is 3. The molecule has 0 unspecified atom stereocenters. The number of nitrogens with zero attached hydrogens (tertiary/aromatic N) is 2. The quantitative estimate of drug-likeness (QED) is 0.342. The summed E-state index contributed by atoms with van der Waals surface area (Å²) in [5.41, 5.74) is 4.61. The van der Waals surface area contributed by atoms with E-state index in [1.807, 2.05) is 71.4 Å². The Morgan fingerprint density at radius 2 is 1.57 bits per heavy atom. The molecule has 0 amide bonds. The Labute approximate surface area is 181 Å². The highest BCUT2D eigenvalue weighted by Crippen LogP contribution is 2.38. The molecule has 4 rings (SSSR count). The summed E-state index contributed by atoms with van der Waals surface area (Å²) in [5.74, 6) is 1.42.